The van der Waals surface area contributed by atoms with E-state index in [-0.39, 0.29) is 35.3 Å². The van der Waals surface area contributed by atoms with Gasteiger partial charge in [-0.1, -0.05) is 80.1 Å². The number of hydrogen-bond donors (Lipinski definition) is 4. The molecule has 7 rings (SSSR count). The minimum Gasteiger partial charge on any atom is -0.456 e. The van der Waals surface area contributed by atoms with Crippen LogP contribution in [-0.2, 0) is 42.9 Å². The molecule has 15 heteroatoms. The topological polar surface area (TPSA) is 221 Å². The van der Waals surface area contributed by atoms with Crippen molar-refractivity contribution in [3.05, 3.63) is 118 Å². The Balaban J connectivity index is 1.38. The predicted molar refractivity (Wildman–Crippen MR) is 222 cm³/mol. The van der Waals surface area contributed by atoms with Crippen LogP contribution in [0.5, 0.6) is 0 Å². The molecule has 11 atom stereocenters. The Labute approximate surface area is 364 Å². The van der Waals surface area contributed by atoms with Gasteiger partial charge in [-0.05, 0) is 61.7 Å². The average Bonchev–Trinajstić information content (AvgIpc) is 3.24. The number of nitrogens with one attached hydrogen (secondary N) is 1. The first-order valence-electron chi connectivity index (χ1n) is 20.9. The van der Waals surface area contributed by atoms with Gasteiger partial charge < -0.3 is 44.3 Å². The van der Waals surface area contributed by atoms with Gasteiger partial charge in [-0.3, -0.25) is 19.2 Å². The van der Waals surface area contributed by atoms with Gasteiger partial charge in [-0.15, -0.1) is 0 Å². The van der Waals surface area contributed by atoms with Crippen molar-refractivity contribution in [3.63, 3.8) is 0 Å². The summed E-state index contributed by atoms with van der Waals surface area (Å²) in [6, 6.07) is 21.5. The summed E-state index contributed by atoms with van der Waals surface area (Å²) in [5, 5.41) is 40.3. The van der Waals surface area contributed by atoms with Gasteiger partial charge in [0.1, 0.15) is 23.9 Å². The number of ether oxygens (including phenoxy) is 5. The Morgan fingerprint density at radius 2 is 1.44 bits per heavy atom. The second-order valence-electron chi connectivity index (χ2n) is 17.9. The molecule has 63 heavy (non-hydrogen) atoms. The molecule has 0 spiro atoms. The van der Waals surface area contributed by atoms with Crippen molar-refractivity contribution in [1.29, 1.82) is 0 Å². The number of rotatable bonds is 10. The van der Waals surface area contributed by atoms with Gasteiger partial charge >= 0.3 is 23.9 Å². The smallest absolute Gasteiger partial charge is 0.338 e. The number of esters is 4. The third kappa shape index (κ3) is 7.64. The number of amides is 1. The minimum absolute atomic E-state index is 0.00261. The highest BCUT2D eigenvalue weighted by molar-refractivity contribution is 5.96. The molecule has 3 fully saturated rings. The summed E-state index contributed by atoms with van der Waals surface area (Å²) in [5.41, 5.74) is -6.10. The van der Waals surface area contributed by atoms with E-state index in [1.807, 2.05) is 6.92 Å². The highest BCUT2D eigenvalue weighted by Gasteiger charge is 2.78. The Kier molecular flexibility index (Phi) is 12.0. The summed E-state index contributed by atoms with van der Waals surface area (Å²) in [4.78, 5) is 83.7. The zero-order chi connectivity index (χ0) is 45.8. The number of carbonyl (C=O) groups is 6. The van der Waals surface area contributed by atoms with Crippen molar-refractivity contribution in [2.75, 3.05) is 6.61 Å². The zero-order valence-electron chi connectivity index (χ0n) is 36.2. The number of benzene rings is 3. The summed E-state index contributed by atoms with van der Waals surface area (Å²) >= 11 is 0. The molecule has 5 unspecified atom stereocenters. The van der Waals surface area contributed by atoms with Crippen molar-refractivity contribution in [2.45, 2.75) is 115 Å². The number of fused-ring (bicyclic) bond motifs is 5. The molecule has 1 amide bonds. The van der Waals surface area contributed by atoms with Gasteiger partial charge in [-0.2, -0.15) is 0 Å². The lowest BCUT2D eigenvalue weighted by atomic mass is 9.44. The first-order chi connectivity index (χ1) is 29.7. The lowest BCUT2D eigenvalue weighted by molar-refractivity contribution is -0.346. The molecule has 334 valence electrons. The van der Waals surface area contributed by atoms with Crippen LogP contribution in [0.4, 0.5) is 0 Å². The van der Waals surface area contributed by atoms with Crippen LogP contribution >= 0.6 is 0 Å². The highest BCUT2D eigenvalue weighted by Crippen LogP contribution is 2.64. The van der Waals surface area contributed by atoms with Crippen LogP contribution in [0.3, 0.4) is 0 Å². The highest BCUT2D eigenvalue weighted by atomic mass is 16.6. The number of aryl methyl sites for hydroxylation is 1. The van der Waals surface area contributed by atoms with Crippen molar-refractivity contribution in [3.8, 4) is 0 Å². The van der Waals surface area contributed by atoms with E-state index in [9.17, 15) is 39.3 Å². The fourth-order valence-electron chi connectivity index (χ4n) is 10.3. The fourth-order valence-corrected chi connectivity index (χ4v) is 10.3. The van der Waals surface area contributed by atoms with E-state index in [0.29, 0.717) is 5.56 Å². The van der Waals surface area contributed by atoms with Crippen molar-refractivity contribution in [2.24, 2.45) is 16.7 Å². The third-order valence-corrected chi connectivity index (χ3v) is 13.8. The lowest BCUT2D eigenvalue weighted by Crippen LogP contribution is -2.82. The maximum Gasteiger partial charge on any atom is 0.338 e. The molecule has 15 nitrogen and oxygen atoms in total. The van der Waals surface area contributed by atoms with Crippen molar-refractivity contribution < 1.29 is 67.8 Å². The van der Waals surface area contributed by atoms with Crippen LogP contribution in [0.25, 0.3) is 0 Å². The Morgan fingerprint density at radius 3 is 2.02 bits per heavy atom. The van der Waals surface area contributed by atoms with E-state index in [1.54, 1.807) is 86.6 Å². The number of Topliss-reactive ketones (excluding diaryl/α,β-unsaturated/α-hetero) is 1. The van der Waals surface area contributed by atoms with Crippen LogP contribution in [0.1, 0.15) is 92.3 Å². The number of aliphatic hydroxyl groups is 3. The van der Waals surface area contributed by atoms with Gasteiger partial charge in [0.25, 0.3) is 5.91 Å². The maximum absolute atomic E-state index is 15.5. The summed E-state index contributed by atoms with van der Waals surface area (Å²) in [7, 11) is 0. The molecule has 4 aliphatic rings. The number of ketones is 1. The number of carbonyl (C=O) groups excluding carboxylic acids is 6. The van der Waals surface area contributed by atoms with E-state index < -0.39 is 113 Å². The van der Waals surface area contributed by atoms with Crippen LogP contribution in [0.15, 0.2) is 96.1 Å². The Hall–Kier alpha value is -5.74. The monoisotopic (exact) mass is 867 g/mol. The zero-order valence-corrected chi connectivity index (χ0v) is 36.2. The van der Waals surface area contributed by atoms with Crippen LogP contribution < -0.4 is 5.32 Å². The minimum atomic E-state index is -2.39. The molecule has 2 bridgehead atoms. The number of hydrogen-bond acceptors (Lipinski definition) is 14. The second-order valence-corrected chi connectivity index (χ2v) is 17.9. The molecule has 3 aromatic rings. The third-order valence-electron chi connectivity index (χ3n) is 13.8. The van der Waals surface area contributed by atoms with E-state index >= 15 is 4.79 Å². The summed E-state index contributed by atoms with van der Waals surface area (Å²) < 4.78 is 30.3. The molecular weight excluding hydrogens is 815 g/mol. The standard InChI is InChI=1S/C48H53NO14/c1-25-18-20-30(21-19-25)42(55)49-36(29-14-10-8-11-15-29)37(53)44(57)61-32-23-48(58)41(62-43(56)31-16-12-9-13-17-31)39-46(7,33(52)22-34-47(39,24-59-34)63-28(4)51)40(54)38(60-27(3)50)35(26(32)2)45(48,5)6/h8-21,32-34,36-39,41,52-53,58H,22-24H2,1-7H3,(H,49,55)/t32?,33-,34+,36?,37?,38+,39?,41?,46+,47-,48+/m0/s1. The molecule has 1 heterocycles. The predicted octanol–water partition coefficient (Wildman–Crippen LogP) is 4.04. The van der Waals surface area contributed by atoms with E-state index in [1.165, 1.54) is 26.0 Å². The normalized spacial score (nSPS) is 31.6. The van der Waals surface area contributed by atoms with Gasteiger partial charge in [0.05, 0.1) is 35.6 Å². The van der Waals surface area contributed by atoms with Crippen molar-refractivity contribution >= 4 is 35.6 Å². The van der Waals surface area contributed by atoms with E-state index in [4.69, 9.17) is 23.7 Å². The maximum atomic E-state index is 15.5. The average molecular weight is 868 g/mol. The Morgan fingerprint density at radius 1 is 0.825 bits per heavy atom. The first kappa shape index (κ1) is 45.3. The van der Waals surface area contributed by atoms with E-state index in [2.05, 4.69) is 5.32 Å². The van der Waals surface area contributed by atoms with Crippen LogP contribution in [0, 0.1) is 23.7 Å². The summed E-state index contributed by atoms with van der Waals surface area (Å²) in [5.74, 6) is -6.84. The first-order valence-corrected chi connectivity index (χ1v) is 20.9. The molecule has 0 aromatic heterocycles. The SMILES string of the molecule is CC(=O)O[C@H]1C(=O)[C@@]2(C)C(C(OC(=O)c3ccccc3)[C@]3(O)CC(OC(=O)C(O)C(NC(=O)c4ccc(C)cc4)c4ccccc4)C(C)=C1C3(C)C)[C@]1(OC(C)=O)CO[C@@H]1C[C@@H]2O. The van der Waals surface area contributed by atoms with Crippen molar-refractivity contribution in [1.82, 2.24) is 5.32 Å². The van der Waals surface area contributed by atoms with Gasteiger partial charge in [0, 0.05) is 37.7 Å². The molecule has 3 aliphatic carbocycles. The van der Waals surface area contributed by atoms with Crippen LogP contribution in [0.2, 0.25) is 0 Å². The molecule has 2 saturated carbocycles. The fraction of sp³-hybridized carbons (Fsp3) is 0.458. The quantitative estimate of drug-likeness (QED) is 0.128. The van der Waals surface area contributed by atoms with Gasteiger partial charge in [-0.25, -0.2) is 9.59 Å². The molecule has 1 aliphatic heterocycles. The number of aliphatic hydroxyl groups excluding tert-OH is 2. The largest absolute Gasteiger partial charge is 0.456 e. The molecule has 4 N–H and O–H groups in total. The van der Waals surface area contributed by atoms with Crippen LogP contribution in [-0.4, -0.2) is 105 Å². The second kappa shape index (κ2) is 16.8. The van der Waals surface area contributed by atoms with Gasteiger partial charge in [0.15, 0.2) is 23.6 Å². The Bertz CT molecular complexity index is 2330. The molecule has 1 saturated heterocycles. The molecule has 0 radical (unpaired) electrons. The van der Waals surface area contributed by atoms with E-state index in [0.717, 1.165) is 19.4 Å². The van der Waals surface area contributed by atoms with Gasteiger partial charge in [0.2, 0.25) is 0 Å². The molecular formula is C48H53NO14. The summed E-state index contributed by atoms with van der Waals surface area (Å²) in [6.07, 6.45) is -10.5. The lowest BCUT2D eigenvalue weighted by Gasteiger charge is -2.67. The summed E-state index contributed by atoms with van der Waals surface area (Å²) in [6.45, 7) is 9.84. The molecule has 3 aromatic carbocycles.